The Labute approximate surface area is 111 Å². The van der Waals surface area contributed by atoms with Gasteiger partial charge in [-0.05, 0) is 6.08 Å². The number of ether oxygens (including phenoxy) is 2. The standard InChI is InChI=1S/C11H19N3O5/c1-13-7(12)3-4-14(11(13)17)10-9(18-2)8(16)6(5-15)19-10/h3,6,8-10,15-16H,4-5,12H2,1-2H3/t6-,8-,9-,10-/m1/s1. The fraction of sp³-hybridized carbons (Fsp3) is 0.727. The van der Waals surface area contributed by atoms with Crippen LogP contribution in [0.25, 0.3) is 0 Å². The van der Waals surface area contributed by atoms with Gasteiger partial charge in [0.1, 0.15) is 24.1 Å². The van der Waals surface area contributed by atoms with Crippen molar-refractivity contribution in [3.63, 3.8) is 0 Å². The zero-order chi connectivity index (χ0) is 14.2. The third-order valence-corrected chi connectivity index (χ3v) is 3.49. The number of rotatable bonds is 3. The van der Waals surface area contributed by atoms with E-state index in [0.717, 1.165) is 0 Å². The molecule has 2 heterocycles. The van der Waals surface area contributed by atoms with E-state index < -0.39 is 24.5 Å². The van der Waals surface area contributed by atoms with Crippen LogP contribution in [-0.4, -0.2) is 77.9 Å². The third-order valence-electron chi connectivity index (χ3n) is 3.49. The van der Waals surface area contributed by atoms with Gasteiger partial charge in [-0.25, -0.2) is 4.79 Å². The molecule has 0 aromatic carbocycles. The van der Waals surface area contributed by atoms with Crippen molar-refractivity contribution in [1.29, 1.82) is 0 Å². The number of nitrogens with two attached hydrogens (primary N) is 1. The number of aliphatic hydroxyl groups excluding tert-OH is 2. The topological polar surface area (TPSA) is 108 Å². The summed E-state index contributed by atoms with van der Waals surface area (Å²) in [6.07, 6.45) is -1.54. The normalized spacial score (nSPS) is 35.8. The molecule has 0 bridgehead atoms. The lowest BCUT2D eigenvalue weighted by Crippen LogP contribution is -2.54. The molecule has 108 valence electrons. The van der Waals surface area contributed by atoms with Crippen molar-refractivity contribution >= 4 is 6.03 Å². The first-order valence-corrected chi connectivity index (χ1v) is 5.98. The lowest BCUT2D eigenvalue weighted by Gasteiger charge is -2.36. The first-order valence-electron chi connectivity index (χ1n) is 5.98. The summed E-state index contributed by atoms with van der Waals surface area (Å²) in [5, 5.41) is 19.1. The van der Waals surface area contributed by atoms with Gasteiger partial charge in [-0.3, -0.25) is 9.80 Å². The smallest absolute Gasteiger partial charge is 0.327 e. The van der Waals surface area contributed by atoms with Crippen LogP contribution in [0, 0.1) is 0 Å². The summed E-state index contributed by atoms with van der Waals surface area (Å²) < 4.78 is 10.7. The van der Waals surface area contributed by atoms with Gasteiger partial charge in [0.2, 0.25) is 0 Å². The summed E-state index contributed by atoms with van der Waals surface area (Å²) in [6, 6.07) is -0.335. The molecule has 0 aliphatic carbocycles. The molecule has 19 heavy (non-hydrogen) atoms. The largest absolute Gasteiger partial charge is 0.394 e. The van der Waals surface area contributed by atoms with Crippen molar-refractivity contribution in [3.8, 4) is 0 Å². The van der Waals surface area contributed by atoms with E-state index in [9.17, 15) is 9.90 Å². The zero-order valence-electron chi connectivity index (χ0n) is 10.9. The van der Waals surface area contributed by atoms with Crippen LogP contribution in [0.3, 0.4) is 0 Å². The minimum atomic E-state index is -0.985. The average molecular weight is 273 g/mol. The quantitative estimate of drug-likeness (QED) is 0.562. The van der Waals surface area contributed by atoms with Gasteiger partial charge in [-0.1, -0.05) is 0 Å². The van der Waals surface area contributed by atoms with Gasteiger partial charge in [0.25, 0.3) is 0 Å². The second-order valence-corrected chi connectivity index (χ2v) is 4.56. The number of nitrogens with zero attached hydrogens (tertiary/aromatic N) is 2. The first kappa shape index (κ1) is 14.1. The van der Waals surface area contributed by atoms with Gasteiger partial charge in [-0.2, -0.15) is 0 Å². The molecular weight excluding hydrogens is 254 g/mol. The summed E-state index contributed by atoms with van der Waals surface area (Å²) in [5.74, 6) is 0.368. The Morgan fingerprint density at radius 1 is 1.63 bits per heavy atom. The summed E-state index contributed by atoms with van der Waals surface area (Å²) in [5.41, 5.74) is 5.66. The number of aliphatic hydroxyl groups is 2. The van der Waals surface area contributed by atoms with Crippen molar-refractivity contribution in [1.82, 2.24) is 9.80 Å². The van der Waals surface area contributed by atoms with E-state index >= 15 is 0 Å². The van der Waals surface area contributed by atoms with Crippen LogP contribution in [0.4, 0.5) is 4.79 Å². The highest BCUT2D eigenvalue weighted by Gasteiger charge is 2.48. The van der Waals surface area contributed by atoms with Crippen LogP contribution in [-0.2, 0) is 9.47 Å². The van der Waals surface area contributed by atoms with Crippen LogP contribution in [0.1, 0.15) is 0 Å². The SMILES string of the molecule is CO[C@@H]1[C@H](O)[C@@H](CO)O[C@H]1N1CC=C(N)N(C)C1=O. The molecule has 0 saturated carbocycles. The van der Waals surface area contributed by atoms with Crippen molar-refractivity contribution < 1.29 is 24.5 Å². The van der Waals surface area contributed by atoms with Gasteiger partial charge >= 0.3 is 6.03 Å². The molecule has 8 nitrogen and oxygen atoms in total. The van der Waals surface area contributed by atoms with Crippen molar-refractivity contribution in [2.24, 2.45) is 5.73 Å². The third kappa shape index (κ3) is 2.27. The number of hydrogen-bond donors (Lipinski definition) is 3. The lowest BCUT2D eigenvalue weighted by molar-refractivity contribution is -0.0878. The maximum atomic E-state index is 12.1. The molecule has 0 aromatic rings. The Hall–Kier alpha value is -1.35. The van der Waals surface area contributed by atoms with E-state index in [1.807, 2.05) is 0 Å². The monoisotopic (exact) mass is 273 g/mol. The maximum Gasteiger partial charge on any atom is 0.327 e. The Kier molecular flexibility index (Phi) is 3.95. The highest BCUT2D eigenvalue weighted by molar-refractivity contribution is 5.77. The lowest BCUT2D eigenvalue weighted by atomic mass is 10.1. The second kappa shape index (κ2) is 5.33. The predicted molar refractivity (Wildman–Crippen MR) is 64.7 cm³/mol. The Morgan fingerprint density at radius 2 is 2.32 bits per heavy atom. The molecule has 0 aromatic heterocycles. The molecule has 8 heteroatoms. The molecule has 2 aliphatic rings. The number of amides is 2. The maximum absolute atomic E-state index is 12.1. The Balaban J connectivity index is 2.20. The molecule has 2 amide bonds. The number of urea groups is 1. The van der Waals surface area contributed by atoms with E-state index in [4.69, 9.17) is 20.3 Å². The average Bonchev–Trinajstić information content (AvgIpc) is 2.72. The van der Waals surface area contributed by atoms with Gasteiger partial charge in [0.15, 0.2) is 6.23 Å². The van der Waals surface area contributed by atoms with E-state index in [2.05, 4.69) is 0 Å². The van der Waals surface area contributed by atoms with Gasteiger partial charge in [0.05, 0.1) is 6.61 Å². The number of carbonyl (C=O) groups is 1. The number of methoxy groups -OCH3 is 1. The molecule has 4 atom stereocenters. The zero-order valence-corrected chi connectivity index (χ0v) is 10.9. The van der Waals surface area contributed by atoms with Crippen LogP contribution < -0.4 is 5.73 Å². The first-order chi connectivity index (χ1) is 9.01. The fourth-order valence-corrected chi connectivity index (χ4v) is 2.30. The van der Waals surface area contributed by atoms with Crippen LogP contribution >= 0.6 is 0 Å². The summed E-state index contributed by atoms with van der Waals surface area (Å²) >= 11 is 0. The molecule has 0 spiro atoms. The Morgan fingerprint density at radius 3 is 2.89 bits per heavy atom. The van der Waals surface area contributed by atoms with E-state index in [0.29, 0.717) is 5.82 Å². The molecule has 0 unspecified atom stereocenters. The van der Waals surface area contributed by atoms with E-state index in [1.165, 1.54) is 16.9 Å². The van der Waals surface area contributed by atoms with Crippen molar-refractivity contribution in [2.45, 2.75) is 24.5 Å². The summed E-state index contributed by atoms with van der Waals surface area (Å²) in [4.78, 5) is 14.8. The fourth-order valence-electron chi connectivity index (χ4n) is 2.30. The number of carbonyl (C=O) groups excluding carboxylic acids is 1. The van der Waals surface area contributed by atoms with E-state index in [-0.39, 0.29) is 19.2 Å². The van der Waals surface area contributed by atoms with Crippen molar-refractivity contribution in [2.75, 3.05) is 27.3 Å². The molecule has 2 aliphatic heterocycles. The Bertz CT molecular complexity index is 389. The van der Waals surface area contributed by atoms with Crippen LogP contribution in [0.5, 0.6) is 0 Å². The van der Waals surface area contributed by atoms with Gasteiger partial charge in [0, 0.05) is 20.7 Å². The minimum absolute atomic E-state index is 0.268. The molecule has 0 radical (unpaired) electrons. The highest BCUT2D eigenvalue weighted by Crippen LogP contribution is 2.28. The molecular formula is C11H19N3O5. The van der Waals surface area contributed by atoms with Gasteiger partial charge < -0.3 is 25.4 Å². The van der Waals surface area contributed by atoms with Gasteiger partial charge in [-0.15, -0.1) is 0 Å². The van der Waals surface area contributed by atoms with Crippen molar-refractivity contribution in [3.05, 3.63) is 11.9 Å². The molecule has 2 rings (SSSR count). The molecule has 4 N–H and O–H groups in total. The van der Waals surface area contributed by atoms with E-state index in [1.54, 1.807) is 13.1 Å². The molecule has 1 fully saturated rings. The van der Waals surface area contributed by atoms with Crippen LogP contribution in [0.15, 0.2) is 11.9 Å². The molecule has 1 saturated heterocycles. The van der Waals surface area contributed by atoms with Crippen LogP contribution in [0.2, 0.25) is 0 Å². The number of hydrogen-bond acceptors (Lipinski definition) is 6. The predicted octanol–water partition coefficient (Wildman–Crippen LogP) is -1.75. The highest BCUT2D eigenvalue weighted by atomic mass is 16.6. The second-order valence-electron chi connectivity index (χ2n) is 4.56. The minimum Gasteiger partial charge on any atom is -0.394 e. The summed E-state index contributed by atoms with van der Waals surface area (Å²) in [6.45, 7) is -0.0717. The summed E-state index contributed by atoms with van der Waals surface area (Å²) in [7, 11) is 2.98.